The zero-order valence-electron chi connectivity index (χ0n) is 20.3. The molecule has 3 aliphatic heterocycles. The van der Waals surface area contributed by atoms with E-state index in [4.69, 9.17) is 9.47 Å². The second-order valence-electron chi connectivity index (χ2n) is 9.49. The van der Waals surface area contributed by atoms with E-state index in [1.54, 1.807) is 22.6 Å². The highest BCUT2D eigenvalue weighted by Crippen LogP contribution is 2.58. The van der Waals surface area contributed by atoms with Crippen molar-refractivity contribution in [1.29, 1.82) is 0 Å². The van der Waals surface area contributed by atoms with E-state index in [1.165, 1.54) is 4.90 Å². The van der Waals surface area contributed by atoms with Gasteiger partial charge in [0.1, 0.15) is 23.8 Å². The number of carbonyl (C=O) groups is 3. The van der Waals surface area contributed by atoms with Gasteiger partial charge in [0.05, 0.1) is 30.1 Å². The molecule has 1 aromatic heterocycles. The second-order valence-corrected chi connectivity index (χ2v) is 9.49. The van der Waals surface area contributed by atoms with Gasteiger partial charge in [-0.05, 0) is 38.3 Å². The number of aliphatic hydroxyl groups excluding tert-OH is 1. The third kappa shape index (κ3) is 3.68. The molecule has 3 fully saturated rings. The molecular weight excluding hydrogens is 466 g/mol. The zero-order chi connectivity index (χ0) is 25.4. The highest BCUT2D eigenvalue weighted by molar-refractivity contribution is 5.98. The average Bonchev–Trinajstić information content (AvgIpc) is 3.62. The number of fused-ring (bicyclic) bond motifs is 2. The maximum Gasteiger partial charge on any atom is 0.312 e. The van der Waals surface area contributed by atoms with Gasteiger partial charge in [-0.25, -0.2) is 4.68 Å². The van der Waals surface area contributed by atoms with Gasteiger partial charge in [-0.2, -0.15) is 0 Å². The summed E-state index contributed by atoms with van der Waals surface area (Å²) in [5, 5.41) is 17.9. The predicted octanol–water partition coefficient (Wildman–Crippen LogP) is 0.724. The van der Waals surface area contributed by atoms with Gasteiger partial charge in [0.25, 0.3) is 0 Å². The van der Waals surface area contributed by atoms with Crippen LogP contribution in [0.5, 0.6) is 0 Å². The summed E-state index contributed by atoms with van der Waals surface area (Å²) in [4.78, 5) is 43.8. The molecule has 1 spiro atoms. The van der Waals surface area contributed by atoms with Crippen molar-refractivity contribution in [1.82, 2.24) is 24.8 Å². The Kier molecular flexibility index (Phi) is 6.52. The summed E-state index contributed by atoms with van der Waals surface area (Å²) in [5.74, 6) is -2.61. The Balaban J connectivity index is 1.50. The fraction of sp³-hybridized carbons (Fsp3) is 0.560. The number of amides is 2. The standard InChI is InChI=1S/C25H31N5O6/c1-3-12-28(15-30-17-9-6-5-8-16(17)26-27-30)23(33)21-25-11-10-18(36-25)19(24(34)35-4-2)20(25)22(32)29(21)13-7-14-31/h3,5-6,8-9,18-21,31H,1,4,7,10-15H2,2H3/t18-,19+,20+,21?,25?/m1/s1. The number of carbonyl (C=O) groups excluding carboxylic acids is 3. The van der Waals surface area contributed by atoms with E-state index in [0.717, 1.165) is 5.52 Å². The Bertz CT molecular complexity index is 1180. The van der Waals surface area contributed by atoms with E-state index in [2.05, 4.69) is 16.9 Å². The van der Waals surface area contributed by atoms with E-state index < -0.39 is 35.6 Å². The number of hydrogen-bond donors (Lipinski definition) is 1. The van der Waals surface area contributed by atoms with Crippen LogP contribution < -0.4 is 0 Å². The van der Waals surface area contributed by atoms with E-state index in [9.17, 15) is 19.5 Å². The van der Waals surface area contributed by atoms with E-state index in [1.807, 2.05) is 24.3 Å². The smallest absolute Gasteiger partial charge is 0.312 e. The van der Waals surface area contributed by atoms with Crippen molar-refractivity contribution in [3.8, 4) is 0 Å². The average molecular weight is 498 g/mol. The molecule has 36 heavy (non-hydrogen) atoms. The number of likely N-dealkylation sites (tertiary alicyclic amines) is 1. The summed E-state index contributed by atoms with van der Waals surface area (Å²) in [5.41, 5.74) is 0.364. The molecule has 3 saturated heterocycles. The molecule has 5 rings (SSSR count). The van der Waals surface area contributed by atoms with E-state index in [0.29, 0.717) is 24.8 Å². The first-order valence-corrected chi connectivity index (χ1v) is 12.4. The molecule has 192 valence electrons. The number of esters is 1. The Morgan fingerprint density at radius 3 is 2.94 bits per heavy atom. The fourth-order valence-electron chi connectivity index (χ4n) is 6.15. The van der Waals surface area contributed by atoms with Gasteiger partial charge in [-0.15, -0.1) is 11.7 Å². The largest absolute Gasteiger partial charge is 0.466 e. The van der Waals surface area contributed by atoms with Gasteiger partial charge >= 0.3 is 5.97 Å². The lowest BCUT2D eigenvalue weighted by atomic mass is 9.70. The Morgan fingerprint density at radius 1 is 1.39 bits per heavy atom. The second kappa shape index (κ2) is 9.62. The zero-order valence-corrected chi connectivity index (χ0v) is 20.3. The topological polar surface area (TPSA) is 127 Å². The maximum atomic E-state index is 14.2. The number of hydrogen-bond acceptors (Lipinski definition) is 8. The third-order valence-corrected chi connectivity index (χ3v) is 7.54. The van der Waals surface area contributed by atoms with Crippen molar-refractivity contribution in [2.24, 2.45) is 11.8 Å². The Labute approximate surface area is 208 Å². The summed E-state index contributed by atoms with van der Waals surface area (Å²) >= 11 is 0. The number of aliphatic hydroxyl groups is 1. The summed E-state index contributed by atoms with van der Waals surface area (Å²) < 4.78 is 13.3. The molecule has 5 atom stereocenters. The molecule has 11 heteroatoms. The van der Waals surface area contributed by atoms with Crippen LogP contribution in [0.4, 0.5) is 0 Å². The lowest BCUT2D eigenvalue weighted by Gasteiger charge is -2.36. The van der Waals surface area contributed by atoms with Crippen LogP contribution in [0.15, 0.2) is 36.9 Å². The van der Waals surface area contributed by atoms with Crippen molar-refractivity contribution >= 4 is 28.8 Å². The van der Waals surface area contributed by atoms with Crippen LogP contribution in [0.2, 0.25) is 0 Å². The highest BCUT2D eigenvalue weighted by atomic mass is 16.6. The van der Waals surface area contributed by atoms with Gasteiger partial charge in [0, 0.05) is 19.7 Å². The Morgan fingerprint density at radius 2 is 2.19 bits per heavy atom. The number of para-hydroxylation sites is 1. The molecule has 11 nitrogen and oxygen atoms in total. The van der Waals surface area contributed by atoms with Gasteiger partial charge in [-0.1, -0.05) is 23.4 Å². The molecule has 0 aliphatic carbocycles. The minimum absolute atomic E-state index is 0.107. The quantitative estimate of drug-likeness (QED) is 0.376. The molecule has 1 aromatic carbocycles. The van der Waals surface area contributed by atoms with Crippen LogP contribution >= 0.6 is 0 Å². The van der Waals surface area contributed by atoms with Gasteiger partial charge in [0.15, 0.2) is 0 Å². The highest BCUT2D eigenvalue weighted by Gasteiger charge is 2.75. The first-order valence-electron chi connectivity index (χ1n) is 12.4. The van der Waals surface area contributed by atoms with E-state index >= 15 is 0 Å². The molecule has 3 aliphatic rings. The first kappa shape index (κ1) is 24.4. The summed E-state index contributed by atoms with van der Waals surface area (Å²) in [6, 6.07) is 6.52. The molecule has 2 unspecified atom stereocenters. The number of rotatable bonds is 10. The number of ether oxygens (including phenoxy) is 2. The fourth-order valence-corrected chi connectivity index (χ4v) is 6.15. The van der Waals surface area contributed by atoms with E-state index in [-0.39, 0.29) is 44.8 Å². The van der Waals surface area contributed by atoms with Crippen molar-refractivity contribution in [3.05, 3.63) is 36.9 Å². The molecule has 2 aromatic rings. The number of aromatic nitrogens is 3. The lowest BCUT2D eigenvalue weighted by molar-refractivity contribution is -0.155. The van der Waals surface area contributed by atoms with Gasteiger partial charge in [-0.3, -0.25) is 14.4 Å². The molecule has 0 saturated carbocycles. The monoisotopic (exact) mass is 497 g/mol. The van der Waals surface area contributed by atoms with Crippen molar-refractivity contribution in [2.75, 3.05) is 26.3 Å². The van der Waals surface area contributed by atoms with Crippen LogP contribution in [0.1, 0.15) is 26.2 Å². The minimum Gasteiger partial charge on any atom is -0.466 e. The normalized spacial score (nSPS) is 28.5. The van der Waals surface area contributed by atoms with Gasteiger partial charge in [0.2, 0.25) is 11.8 Å². The van der Waals surface area contributed by atoms with Crippen molar-refractivity contribution in [2.45, 2.75) is 50.6 Å². The SMILES string of the molecule is C=CCN(Cn1nnc2ccccc21)C(=O)C1N(CCCO)C(=O)[C@@H]2[C@@H](C(=O)OCC)[C@H]3CCC12O3. The molecule has 0 radical (unpaired) electrons. The minimum atomic E-state index is -1.12. The summed E-state index contributed by atoms with van der Waals surface area (Å²) in [6.45, 7) is 6.11. The number of benzene rings is 1. The van der Waals surface area contributed by atoms with Crippen LogP contribution in [0, 0.1) is 11.8 Å². The van der Waals surface area contributed by atoms with Gasteiger partial charge < -0.3 is 24.4 Å². The molecule has 4 heterocycles. The first-order chi connectivity index (χ1) is 17.5. The third-order valence-electron chi connectivity index (χ3n) is 7.54. The summed E-state index contributed by atoms with van der Waals surface area (Å²) in [7, 11) is 0. The van der Waals surface area contributed by atoms with Crippen molar-refractivity contribution in [3.63, 3.8) is 0 Å². The summed E-state index contributed by atoms with van der Waals surface area (Å²) in [6.07, 6.45) is 2.53. The van der Waals surface area contributed by atoms with Crippen LogP contribution in [0.25, 0.3) is 11.0 Å². The predicted molar refractivity (Wildman–Crippen MR) is 127 cm³/mol. The lowest BCUT2D eigenvalue weighted by Crippen LogP contribution is -2.56. The molecular formula is C25H31N5O6. The van der Waals surface area contributed by atoms with Crippen LogP contribution in [0.3, 0.4) is 0 Å². The molecule has 2 amide bonds. The van der Waals surface area contributed by atoms with Crippen LogP contribution in [-0.4, -0.2) is 91.7 Å². The molecule has 2 bridgehead atoms. The molecule has 1 N–H and O–H groups in total. The Hall–Kier alpha value is -3.31. The number of nitrogens with zero attached hydrogens (tertiary/aromatic N) is 5. The van der Waals surface area contributed by atoms with Crippen LogP contribution in [-0.2, 0) is 30.5 Å². The maximum absolute atomic E-state index is 14.2. The van der Waals surface area contributed by atoms with Crippen molar-refractivity contribution < 1.29 is 29.0 Å².